The molecule has 0 fully saturated rings. The van der Waals surface area contributed by atoms with Crippen LogP contribution in [-0.4, -0.2) is 61.5 Å². The Morgan fingerprint density at radius 1 is 0.970 bits per heavy atom. The van der Waals surface area contributed by atoms with E-state index in [1.165, 1.54) is 18.2 Å². The van der Waals surface area contributed by atoms with Crippen LogP contribution in [0.3, 0.4) is 0 Å². The number of hydrogen-bond donors (Lipinski definition) is 2. The molecule has 184 valence electrons. The molecule has 0 spiro atoms. The Morgan fingerprint density at radius 2 is 1.52 bits per heavy atom. The van der Waals surface area contributed by atoms with Crippen LogP contribution in [0.15, 0.2) is 18.2 Å². The summed E-state index contributed by atoms with van der Waals surface area (Å²) in [6, 6.07) is 2.55. The Balaban J connectivity index is 3.25. The van der Waals surface area contributed by atoms with Crippen LogP contribution >= 0.6 is 0 Å². The minimum absolute atomic E-state index is 0.0123. The number of methoxy groups -OCH3 is 2. The van der Waals surface area contributed by atoms with Crippen molar-refractivity contribution in [3.05, 3.63) is 23.8 Å². The lowest BCUT2D eigenvalue weighted by atomic mass is 9.87. The lowest BCUT2D eigenvalue weighted by Crippen LogP contribution is -2.38. The summed E-state index contributed by atoms with van der Waals surface area (Å²) in [6.45, 7) is 6.56. The lowest BCUT2D eigenvalue weighted by Gasteiger charge is -2.26. The molecule has 2 unspecified atom stereocenters. The van der Waals surface area contributed by atoms with Gasteiger partial charge in [-0.25, -0.2) is 14.4 Å². The van der Waals surface area contributed by atoms with E-state index in [2.05, 4.69) is 9.47 Å². The van der Waals surface area contributed by atoms with Crippen molar-refractivity contribution in [3.8, 4) is 11.5 Å². The number of carboxylic acid groups (broad SMARTS) is 1. The number of hydrogen-bond acceptors (Lipinski definition) is 11. The lowest BCUT2D eigenvalue weighted by molar-refractivity contribution is -0.139. The number of rotatable bonds is 8. The average molecular weight is 471 g/mol. The molecule has 1 aromatic rings. The number of carbonyl (C=O) groups is 4. The summed E-state index contributed by atoms with van der Waals surface area (Å²) in [5, 5.41) is 9.47. The van der Waals surface area contributed by atoms with Crippen LogP contribution < -0.4 is 15.2 Å². The third-order valence-corrected chi connectivity index (χ3v) is 4.11. The van der Waals surface area contributed by atoms with Crippen LogP contribution in [0, 0.1) is 0 Å². The number of ether oxygens (including phenoxy) is 6. The van der Waals surface area contributed by atoms with E-state index < -0.39 is 48.1 Å². The molecule has 1 aromatic carbocycles. The monoisotopic (exact) mass is 471 g/mol. The van der Waals surface area contributed by atoms with Gasteiger partial charge in [-0.05, 0) is 51.8 Å². The molecule has 3 N–H and O–H groups in total. The topological polar surface area (TPSA) is 170 Å². The van der Waals surface area contributed by atoms with E-state index in [0.717, 1.165) is 14.2 Å². The zero-order chi connectivity index (χ0) is 25.3. The van der Waals surface area contributed by atoms with Gasteiger partial charge in [-0.15, -0.1) is 0 Å². The van der Waals surface area contributed by atoms with E-state index in [1.807, 2.05) is 0 Å². The van der Waals surface area contributed by atoms with Gasteiger partial charge < -0.3 is 39.3 Å². The zero-order valence-corrected chi connectivity index (χ0v) is 19.3. The molecule has 0 aliphatic carbocycles. The molecule has 0 saturated carbocycles. The first-order valence-electron chi connectivity index (χ1n) is 9.81. The molecular weight excluding hydrogens is 442 g/mol. The summed E-state index contributed by atoms with van der Waals surface area (Å²) in [5.41, 5.74) is 5.41. The van der Waals surface area contributed by atoms with Gasteiger partial charge >= 0.3 is 24.4 Å². The van der Waals surface area contributed by atoms with E-state index in [-0.39, 0.29) is 17.9 Å². The molecule has 12 nitrogen and oxygen atoms in total. The van der Waals surface area contributed by atoms with E-state index in [1.54, 1.807) is 27.7 Å². The third-order valence-electron chi connectivity index (χ3n) is 4.11. The summed E-state index contributed by atoms with van der Waals surface area (Å²) < 4.78 is 29.1. The molecule has 33 heavy (non-hydrogen) atoms. The molecule has 0 aliphatic rings. The van der Waals surface area contributed by atoms with Crippen molar-refractivity contribution in [2.24, 2.45) is 5.73 Å². The Hall–Kier alpha value is -3.54. The summed E-state index contributed by atoms with van der Waals surface area (Å²) >= 11 is 0. The van der Waals surface area contributed by atoms with Crippen molar-refractivity contribution >= 4 is 24.4 Å². The molecule has 1 rings (SSSR count). The predicted molar refractivity (Wildman–Crippen MR) is 112 cm³/mol. The quantitative estimate of drug-likeness (QED) is 0.323. The van der Waals surface area contributed by atoms with Crippen molar-refractivity contribution < 1.29 is 52.7 Å². The highest BCUT2D eigenvalue weighted by Gasteiger charge is 2.31. The maximum Gasteiger partial charge on any atom is 0.513 e. The van der Waals surface area contributed by atoms with Gasteiger partial charge in [0.1, 0.15) is 17.7 Å². The molecule has 0 aromatic heterocycles. The van der Waals surface area contributed by atoms with Gasteiger partial charge in [-0.2, -0.15) is 0 Å². The number of carboxylic acids is 1. The predicted octanol–water partition coefficient (Wildman–Crippen LogP) is 3.20. The molecule has 0 saturated heterocycles. The number of nitrogens with two attached hydrogens (primary N) is 1. The highest BCUT2D eigenvalue weighted by Crippen LogP contribution is 2.35. The molecule has 0 amide bonds. The van der Waals surface area contributed by atoms with E-state index >= 15 is 0 Å². The minimum atomic E-state index is -1.41. The molecule has 3 atom stereocenters. The van der Waals surface area contributed by atoms with Gasteiger partial charge in [0.2, 0.25) is 0 Å². The fourth-order valence-corrected chi connectivity index (χ4v) is 2.69. The van der Waals surface area contributed by atoms with E-state index in [9.17, 15) is 24.3 Å². The van der Waals surface area contributed by atoms with Gasteiger partial charge in [0, 0.05) is 5.92 Å². The summed E-state index contributed by atoms with van der Waals surface area (Å²) in [7, 11) is 2.16. The van der Waals surface area contributed by atoms with Crippen molar-refractivity contribution in [3.63, 3.8) is 0 Å². The second kappa shape index (κ2) is 11.9. The van der Waals surface area contributed by atoms with Gasteiger partial charge in [0.05, 0.1) is 14.2 Å². The number of benzene rings is 1. The highest BCUT2D eigenvalue weighted by molar-refractivity contribution is 5.75. The van der Waals surface area contributed by atoms with Crippen molar-refractivity contribution in [2.75, 3.05) is 14.2 Å². The maximum atomic E-state index is 12.0. The van der Waals surface area contributed by atoms with Crippen LogP contribution in [0.2, 0.25) is 0 Å². The van der Waals surface area contributed by atoms with Crippen molar-refractivity contribution in [2.45, 2.75) is 57.8 Å². The molecule has 0 aliphatic heterocycles. The van der Waals surface area contributed by atoms with Crippen LogP contribution in [0.1, 0.15) is 45.6 Å². The number of carbonyl (C=O) groups excluding carboxylic acids is 3. The largest absolute Gasteiger partial charge is 0.513 e. The molecule has 0 radical (unpaired) electrons. The Labute approximate surface area is 190 Å². The maximum absolute atomic E-state index is 12.0. The highest BCUT2D eigenvalue weighted by atomic mass is 16.7. The molecule has 12 heteroatoms. The Bertz CT molecular complexity index is 862. The summed E-state index contributed by atoms with van der Waals surface area (Å²) in [4.78, 5) is 46.7. The standard InChI is InChI=1S/C21H29NO11/c1-11(30-20(27)33-21(2,3)4)9-13(16(22)17(23)24)12-7-8-14(31-18(25)28-5)15(10-12)32-19(26)29-6/h7-8,10-11,13,16H,9,22H2,1-6H3,(H,23,24)/t11?,13?,16-/m0/s1. The average Bonchev–Trinajstić information content (AvgIpc) is 2.70. The normalized spacial score (nSPS) is 13.7. The summed E-state index contributed by atoms with van der Waals surface area (Å²) in [5.74, 6) is -2.63. The van der Waals surface area contributed by atoms with Gasteiger partial charge in [-0.3, -0.25) is 4.79 Å². The number of aliphatic carboxylic acids is 1. The minimum Gasteiger partial charge on any atom is -0.480 e. The molecular formula is C21H29NO11. The summed E-state index contributed by atoms with van der Waals surface area (Å²) in [6.07, 6.45) is -3.90. The van der Waals surface area contributed by atoms with Crippen LogP contribution in [0.4, 0.5) is 14.4 Å². The van der Waals surface area contributed by atoms with E-state index in [0.29, 0.717) is 5.56 Å². The first-order valence-corrected chi connectivity index (χ1v) is 9.81. The Kier molecular flexibility index (Phi) is 9.92. The van der Waals surface area contributed by atoms with E-state index in [4.69, 9.17) is 24.7 Å². The van der Waals surface area contributed by atoms with Crippen molar-refractivity contribution in [1.82, 2.24) is 0 Å². The van der Waals surface area contributed by atoms with Crippen molar-refractivity contribution in [1.29, 1.82) is 0 Å². The first kappa shape index (κ1) is 27.5. The van der Waals surface area contributed by atoms with Gasteiger partial charge in [0.15, 0.2) is 11.5 Å². The third kappa shape index (κ3) is 9.23. The SMILES string of the molecule is COC(=O)Oc1ccc(C(CC(C)OC(=O)OC(C)(C)C)[C@H](N)C(=O)O)cc1OC(=O)OC. The Morgan fingerprint density at radius 3 is 2.00 bits per heavy atom. The molecule has 0 heterocycles. The second-order valence-electron chi connectivity index (χ2n) is 7.92. The van der Waals surface area contributed by atoms with Crippen LogP contribution in [0.25, 0.3) is 0 Å². The van der Waals surface area contributed by atoms with Gasteiger partial charge in [0.25, 0.3) is 0 Å². The van der Waals surface area contributed by atoms with Gasteiger partial charge in [-0.1, -0.05) is 6.07 Å². The molecule has 0 bridgehead atoms. The second-order valence-corrected chi connectivity index (χ2v) is 7.92. The van der Waals surface area contributed by atoms with Crippen LogP contribution in [-0.2, 0) is 23.7 Å². The fourth-order valence-electron chi connectivity index (χ4n) is 2.69. The fraction of sp³-hybridized carbons (Fsp3) is 0.524. The smallest absolute Gasteiger partial charge is 0.480 e. The van der Waals surface area contributed by atoms with Crippen LogP contribution in [0.5, 0.6) is 11.5 Å². The zero-order valence-electron chi connectivity index (χ0n) is 19.3. The first-order chi connectivity index (χ1) is 15.3.